The zero-order valence-corrected chi connectivity index (χ0v) is 9.81. The molecule has 6 nitrogen and oxygen atoms in total. The molecule has 0 atom stereocenters. The van der Waals surface area contributed by atoms with Crippen molar-refractivity contribution in [3.8, 4) is 5.75 Å². The summed E-state index contributed by atoms with van der Waals surface area (Å²) >= 11 is 0. The SMILES string of the molecule is NS(=O)(=O)c1ccc(OCCCC(=O)O)cc1. The molecule has 0 saturated heterocycles. The number of aliphatic carboxylic acids is 1. The van der Waals surface area contributed by atoms with E-state index in [1.54, 1.807) is 0 Å². The van der Waals surface area contributed by atoms with E-state index in [1.165, 1.54) is 24.3 Å². The topological polar surface area (TPSA) is 107 Å². The highest BCUT2D eigenvalue weighted by molar-refractivity contribution is 7.89. The Morgan fingerprint density at radius 1 is 1.29 bits per heavy atom. The van der Waals surface area contributed by atoms with Crippen LogP contribution in [0.2, 0.25) is 0 Å². The van der Waals surface area contributed by atoms with Gasteiger partial charge in [-0.1, -0.05) is 0 Å². The number of hydrogen-bond donors (Lipinski definition) is 2. The molecule has 1 aromatic carbocycles. The molecule has 7 heteroatoms. The smallest absolute Gasteiger partial charge is 0.303 e. The van der Waals surface area contributed by atoms with Crippen LogP contribution in [0.5, 0.6) is 5.75 Å². The molecule has 1 aromatic rings. The Morgan fingerprint density at radius 2 is 1.88 bits per heavy atom. The number of sulfonamides is 1. The molecular formula is C10H13NO5S. The van der Waals surface area contributed by atoms with Gasteiger partial charge in [0, 0.05) is 6.42 Å². The molecule has 3 N–H and O–H groups in total. The summed E-state index contributed by atoms with van der Waals surface area (Å²) in [7, 11) is -3.69. The van der Waals surface area contributed by atoms with Gasteiger partial charge in [0.1, 0.15) is 5.75 Å². The van der Waals surface area contributed by atoms with E-state index in [0.717, 1.165) is 0 Å². The van der Waals surface area contributed by atoms with E-state index in [0.29, 0.717) is 12.2 Å². The average Bonchev–Trinajstić information content (AvgIpc) is 2.23. The maximum Gasteiger partial charge on any atom is 0.303 e. The quantitative estimate of drug-likeness (QED) is 0.726. The molecular weight excluding hydrogens is 246 g/mol. The molecule has 17 heavy (non-hydrogen) atoms. The van der Waals surface area contributed by atoms with E-state index >= 15 is 0 Å². The van der Waals surface area contributed by atoms with Crippen LogP contribution in [-0.4, -0.2) is 26.1 Å². The molecule has 0 unspecified atom stereocenters. The minimum Gasteiger partial charge on any atom is -0.494 e. The Bertz CT molecular complexity index is 480. The monoisotopic (exact) mass is 259 g/mol. The second-order valence-electron chi connectivity index (χ2n) is 3.36. The van der Waals surface area contributed by atoms with Crippen LogP contribution in [-0.2, 0) is 14.8 Å². The van der Waals surface area contributed by atoms with Crippen LogP contribution in [0.25, 0.3) is 0 Å². The second kappa shape index (κ2) is 5.65. The predicted molar refractivity (Wildman–Crippen MR) is 60.2 cm³/mol. The zero-order valence-electron chi connectivity index (χ0n) is 9.00. The number of hydrogen-bond acceptors (Lipinski definition) is 4. The van der Waals surface area contributed by atoms with Crippen LogP contribution in [0.1, 0.15) is 12.8 Å². The fourth-order valence-electron chi connectivity index (χ4n) is 1.14. The van der Waals surface area contributed by atoms with Crippen LogP contribution in [0, 0.1) is 0 Å². The van der Waals surface area contributed by atoms with E-state index in [-0.39, 0.29) is 17.9 Å². The average molecular weight is 259 g/mol. The van der Waals surface area contributed by atoms with Gasteiger partial charge in [0.2, 0.25) is 10.0 Å². The van der Waals surface area contributed by atoms with Gasteiger partial charge in [-0.3, -0.25) is 4.79 Å². The van der Waals surface area contributed by atoms with Crippen molar-refractivity contribution in [3.05, 3.63) is 24.3 Å². The van der Waals surface area contributed by atoms with E-state index < -0.39 is 16.0 Å². The van der Waals surface area contributed by atoms with Crippen LogP contribution in [0.3, 0.4) is 0 Å². The number of rotatable bonds is 6. The van der Waals surface area contributed by atoms with Gasteiger partial charge in [0.25, 0.3) is 0 Å². The lowest BCUT2D eigenvalue weighted by molar-refractivity contribution is -0.137. The van der Waals surface area contributed by atoms with E-state index in [1.807, 2.05) is 0 Å². The van der Waals surface area contributed by atoms with E-state index in [9.17, 15) is 13.2 Å². The number of carbonyl (C=O) groups is 1. The van der Waals surface area contributed by atoms with Crippen molar-refractivity contribution < 1.29 is 23.1 Å². The van der Waals surface area contributed by atoms with Crippen LogP contribution < -0.4 is 9.88 Å². The summed E-state index contributed by atoms with van der Waals surface area (Å²) in [5.41, 5.74) is 0. The van der Waals surface area contributed by atoms with Gasteiger partial charge < -0.3 is 9.84 Å². The molecule has 0 saturated carbocycles. The Labute approximate surface area is 99.1 Å². The van der Waals surface area contributed by atoms with Gasteiger partial charge in [-0.2, -0.15) is 0 Å². The highest BCUT2D eigenvalue weighted by Gasteiger charge is 2.06. The Morgan fingerprint density at radius 3 is 2.35 bits per heavy atom. The first kappa shape index (κ1) is 13.5. The minimum absolute atomic E-state index is 0.00962. The summed E-state index contributed by atoms with van der Waals surface area (Å²) in [5.74, 6) is -0.402. The third-order valence-corrected chi connectivity index (χ3v) is 2.89. The van der Waals surface area contributed by atoms with Gasteiger partial charge in [-0.25, -0.2) is 13.6 Å². The number of nitrogens with two attached hydrogens (primary N) is 1. The van der Waals surface area contributed by atoms with E-state index in [4.69, 9.17) is 15.0 Å². The number of carboxylic acid groups (broad SMARTS) is 1. The molecule has 0 amide bonds. The van der Waals surface area contributed by atoms with Crippen LogP contribution in [0.4, 0.5) is 0 Å². The summed E-state index contributed by atoms with van der Waals surface area (Å²) < 4.78 is 27.1. The van der Waals surface area contributed by atoms with Crippen molar-refractivity contribution in [1.82, 2.24) is 0 Å². The maximum atomic E-state index is 11.0. The first-order chi connectivity index (χ1) is 7.89. The van der Waals surface area contributed by atoms with Crippen molar-refractivity contribution in [2.75, 3.05) is 6.61 Å². The summed E-state index contributed by atoms with van der Waals surface area (Å²) in [5, 5.41) is 13.3. The highest BCUT2D eigenvalue weighted by atomic mass is 32.2. The van der Waals surface area contributed by atoms with Crippen molar-refractivity contribution in [3.63, 3.8) is 0 Å². The Hall–Kier alpha value is -1.60. The number of benzene rings is 1. The second-order valence-corrected chi connectivity index (χ2v) is 4.92. The summed E-state index contributed by atoms with van der Waals surface area (Å²) in [6, 6.07) is 5.62. The van der Waals surface area contributed by atoms with Crippen molar-refractivity contribution in [2.45, 2.75) is 17.7 Å². The van der Waals surface area contributed by atoms with E-state index in [2.05, 4.69) is 0 Å². The molecule has 0 aliphatic heterocycles. The maximum absolute atomic E-state index is 11.0. The third-order valence-electron chi connectivity index (χ3n) is 1.96. The number of ether oxygens (including phenoxy) is 1. The van der Waals surface area contributed by atoms with Crippen LogP contribution in [0.15, 0.2) is 29.2 Å². The molecule has 0 aliphatic rings. The molecule has 0 radical (unpaired) electrons. The van der Waals surface area contributed by atoms with Gasteiger partial charge in [-0.15, -0.1) is 0 Å². The van der Waals surface area contributed by atoms with Gasteiger partial charge in [0.15, 0.2) is 0 Å². The molecule has 0 fully saturated rings. The first-order valence-electron chi connectivity index (χ1n) is 4.87. The molecule has 0 spiro atoms. The van der Waals surface area contributed by atoms with Crippen LogP contribution >= 0.6 is 0 Å². The third kappa shape index (κ3) is 4.83. The Kier molecular flexibility index (Phi) is 4.47. The first-order valence-corrected chi connectivity index (χ1v) is 6.41. The largest absolute Gasteiger partial charge is 0.494 e. The lowest BCUT2D eigenvalue weighted by Gasteiger charge is -2.05. The molecule has 1 rings (SSSR count). The molecule has 0 bridgehead atoms. The summed E-state index contributed by atoms with van der Waals surface area (Å²) in [6.45, 7) is 0.265. The lowest BCUT2D eigenvalue weighted by atomic mass is 10.3. The summed E-state index contributed by atoms with van der Waals surface area (Å²) in [6.07, 6.45) is 0.432. The number of carboxylic acids is 1. The highest BCUT2D eigenvalue weighted by Crippen LogP contribution is 2.15. The summed E-state index contributed by atoms with van der Waals surface area (Å²) in [4.78, 5) is 10.2. The standard InChI is InChI=1S/C10H13NO5S/c11-17(14,15)9-5-3-8(4-6-9)16-7-1-2-10(12)13/h3-6H,1-2,7H2,(H,12,13)(H2,11,14,15). The Balaban J connectivity index is 2.49. The zero-order chi connectivity index (χ0) is 12.9. The lowest BCUT2D eigenvalue weighted by Crippen LogP contribution is -2.11. The molecule has 0 aliphatic carbocycles. The molecule has 0 heterocycles. The fourth-order valence-corrected chi connectivity index (χ4v) is 1.65. The minimum atomic E-state index is -3.69. The van der Waals surface area contributed by atoms with Crippen molar-refractivity contribution >= 4 is 16.0 Å². The van der Waals surface area contributed by atoms with Gasteiger partial charge in [-0.05, 0) is 30.7 Å². The van der Waals surface area contributed by atoms with Crippen molar-refractivity contribution in [2.24, 2.45) is 5.14 Å². The normalized spacial score (nSPS) is 11.1. The molecule has 94 valence electrons. The predicted octanol–water partition coefficient (Wildman–Crippen LogP) is 0.578. The molecule has 0 aromatic heterocycles. The fraction of sp³-hybridized carbons (Fsp3) is 0.300. The van der Waals surface area contributed by atoms with Crippen molar-refractivity contribution in [1.29, 1.82) is 0 Å². The van der Waals surface area contributed by atoms with Gasteiger partial charge >= 0.3 is 5.97 Å². The number of primary sulfonamides is 1. The van der Waals surface area contributed by atoms with Gasteiger partial charge in [0.05, 0.1) is 11.5 Å².